The number of benzene rings is 5. The van der Waals surface area contributed by atoms with Gasteiger partial charge in [-0.3, -0.25) is 4.57 Å². The molecule has 0 unspecified atom stereocenters. The third kappa shape index (κ3) is 4.33. The zero-order valence-corrected chi connectivity index (χ0v) is 26.8. The van der Waals surface area contributed by atoms with Crippen molar-refractivity contribution in [2.24, 2.45) is 0 Å². The average molecular weight is 589 g/mol. The molecule has 0 atom stereocenters. The van der Waals surface area contributed by atoms with Crippen molar-refractivity contribution < 1.29 is 9.31 Å². The van der Waals surface area contributed by atoms with Crippen LogP contribution in [0.25, 0.3) is 50.4 Å². The Morgan fingerprint density at radius 3 is 1.87 bits per heavy atom. The standard InChI is InChI=1S/C40H37BN2O2/c1-38(2)33-24-28(20-22-31(33)32-23-21-29(25-34(32)38)41-44-39(3,4)40(5,6)45-41)26-16-18-27(19-17-26)37-42-35-14-10-11-15-36(35)43(37)30-12-8-7-9-13-30/h7-25H,1-6H3. The molecule has 6 aromatic rings. The summed E-state index contributed by atoms with van der Waals surface area (Å²) in [4.78, 5) is 5.05. The Morgan fingerprint density at radius 1 is 0.578 bits per heavy atom. The van der Waals surface area contributed by atoms with E-state index in [9.17, 15) is 0 Å². The van der Waals surface area contributed by atoms with Gasteiger partial charge in [-0.05, 0) is 96.9 Å². The highest BCUT2D eigenvalue weighted by molar-refractivity contribution is 6.62. The fourth-order valence-electron chi connectivity index (χ4n) is 6.93. The molecular weight excluding hydrogens is 551 g/mol. The van der Waals surface area contributed by atoms with Crippen molar-refractivity contribution in [3.05, 3.63) is 126 Å². The fraction of sp³-hybridized carbons (Fsp3) is 0.225. The molecule has 222 valence electrons. The molecule has 0 spiro atoms. The van der Waals surface area contributed by atoms with Crippen LogP contribution in [-0.2, 0) is 14.7 Å². The van der Waals surface area contributed by atoms with Crippen LogP contribution in [0.2, 0.25) is 0 Å². The molecule has 1 fully saturated rings. The van der Waals surface area contributed by atoms with Gasteiger partial charge in [0, 0.05) is 16.7 Å². The number of hydrogen-bond acceptors (Lipinski definition) is 3. The smallest absolute Gasteiger partial charge is 0.399 e. The molecule has 5 heteroatoms. The maximum Gasteiger partial charge on any atom is 0.494 e. The van der Waals surface area contributed by atoms with E-state index in [1.807, 2.05) is 12.1 Å². The van der Waals surface area contributed by atoms with Gasteiger partial charge in [-0.25, -0.2) is 4.98 Å². The van der Waals surface area contributed by atoms with Gasteiger partial charge in [0.2, 0.25) is 0 Å². The molecule has 1 aromatic heterocycles. The van der Waals surface area contributed by atoms with Gasteiger partial charge >= 0.3 is 7.12 Å². The number of hydrogen-bond donors (Lipinski definition) is 0. The maximum absolute atomic E-state index is 6.40. The summed E-state index contributed by atoms with van der Waals surface area (Å²) in [7, 11) is -0.371. The van der Waals surface area contributed by atoms with E-state index in [1.165, 1.54) is 33.4 Å². The highest BCUT2D eigenvalue weighted by atomic mass is 16.7. The van der Waals surface area contributed by atoms with Gasteiger partial charge in [0.15, 0.2) is 0 Å². The monoisotopic (exact) mass is 588 g/mol. The topological polar surface area (TPSA) is 36.3 Å². The first-order valence-corrected chi connectivity index (χ1v) is 15.8. The summed E-state index contributed by atoms with van der Waals surface area (Å²) in [5, 5.41) is 0. The van der Waals surface area contributed by atoms with Crippen molar-refractivity contribution in [3.8, 4) is 39.3 Å². The molecule has 2 heterocycles. The lowest BCUT2D eigenvalue weighted by Gasteiger charge is -2.32. The SMILES string of the molecule is CC1(C)c2cc(B3OC(C)(C)C(C)(C)O3)ccc2-c2ccc(-c3ccc(-c4nc5ccccc5n4-c4ccccc4)cc3)cc21. The molecule has 1 saturated heterocycles. The molecule has 45 heavy (non-hydrogen) atoms. The number of fused-ring (bicyclic) bond motifs is 4. The summed E-state index contributed by atoms with van der Waals surface area (Å²) in [5.41, 5.74) is 12.1. The zero-order valence-electron chi connectivity index (χ0n) is 26.8. The van der Waals surface area contributed by atoms with Crippen LogP contribution in [-0.4, -0.2) is 27.9 Å². The van der Waals surface area contributed by atoms with Gasteiger partial charge in [0.25, 0.3) is 0 Å². The lowest BCUT2D eigenvalue weighted by molar-refractivity contribution is 0.00578. The summed E-state index contributed by atoms with van der Waals surface area (Å²) in [6.45, 7) is 13.1. The molecule has 0 radical (unpaired) electrons. The van der Waals surface area contributed by atoms with Crippen LogP contribution >= 0.6 is 0 Å². The third-order valence-electron chi connectivity index (χ3n) is 10.3. The molecule has 2 aliphatic rings. The van der Waals surface area contributed by atoms with E-state index in [0.717, 1.165) is 33.6 Å². The minimum absolute atomic E-state index is 0.152. The summed E-state index contributed by atoms with van der Waals surface area (Å²) >= 11 is 0. The minimum atomic E-state index is -0.371. The summed E-state index contributed by atoms with van der Waals surface area (Å²) in [5.74, 6) is 0.942. The quantitative estimate of drug-likeness (QED) is 0.193. The molecule has 1 aliphatic heterocycles. The second-order valence-electron chi connectivity index (χ2n) is 14.0. The molecule has 0 N–H and O–H groups in total. The van der Waals surface area contributed by atoms with Crippen molar-refractivity contribution in [1.82, 2.24) is 9.55 Å². The second kappa shape index (κ2) is 9.78. The van der Waals surface area contributed by atoms with Crippen LogP contribution in [0.1, 0.15) is 52.7 Å². The number of nitrogens with zero attached hydrogens (tertiary/aromatic N) is 2. The predicted octanol–water partition coefficient (Wildman–Crippen LogP) is 8.97. The second-order valence-corrected chi connectivity index (χ2v) is 14.0. The van der Waals surface area contributed by atoms with E-state index in [2.05, 4.69) is 149 Å². The largest absolute Gasteiger partial charge is 0.494 e. The molecule has 0 saturated carbocycles. The van der Waals surface area contributed by atoms with Crippen LogP contribution in [0, 0.1) is 0 Å². The van der Waals surface area contributed by atoms with Gasteiger partial charge in [0.1, 0.15) is 5.82 Å². The summed E-state index contributed by atoms with van der Waals surface area (Å²) < 4.78 is 15.0. The van der Waals surface area contributed by atoms with E-state index in [0.29, 0.717) is 0 Å². The van der Waals surface area contributed by atoms with Crippen molar-refractivity contribution in [2.75, 3.05) is 0 Å². The number of imidazole rings is 1. The molecule has 4 nitrogen and oxygen atoms in total. The van der Waals surface area contributed by atoms with E-state index >= 15 is 0 Å². The molecule has 5 aromatic carbocycles. The predicted molar refractivity (Wildman–Crippen MR) is 185 cm³/mol. The number of para-hydroxylation sites is 3. The van der Waals surface area contributed by atoms with E-state index in [-0.39, 0.29) is 23.7 Å². The normalized spacial score (nSPS) is 17.4. The average Bonchev–Trinajstić information content (AvgIpc) is 3.61. The van der Waals surface area contributed by atoms with E-state index in [1.54, 1.807) is 0 Å². The zero-order chi connectivity index (χ0) is 31.1. The van der Waals surface area contributed by atoms with Gasteiger partial charge in [0.05, 0.1) is 22.2 Å². The first-order chi connectivity index (χ1) is 21.5. The Hall–Kier alpha value is -4.45. The number of aromatic nitrogens is 2. The van der Waals surface area contributed by atoms with E-state index in [4.69, 9.17) is 14.3 Å². The highest BCUT2D eigenvalue weighted by Crippen LogP contribution is 2.49. The van der Waals surface area contributed by atoms with Gasteiger partial charge < -0.3 is 9.31 Å². The fourth-order valence-corrected chi connectivity index (χ4v) is 6.93. The molecule has 1 aliphatic carbocycles. The Labute approximate surface area is 265 Å². The lowest BCUT2D eigenvalue weighted by Crippen LogP contribution is -2.41. The van der Waals surface area contributed by atoms with Crippen molar-refractivity contribution >= 4 is 23.6 Å². The van der Waals surface area contributed by atoms with Crippen molar-refractivity contribution in [2.45, 2.75) is 58.2 Å². The van der Waals surface area contributed by atoms with E-state index < -0.39 is 0 Å². The van der Waals surface area contributed by atoms with Crippen molar-refractivity contribution in [1.29, 1.82) is 0 Å². The van der Waals surface area contributed by atoms with Gasteiger partial charge in [-0.2, -0.15) is 0 Å². The first kappa shape index (κ1) is 28.1. The Bertz CT molecular complexity index is 2080. The van der Waals surface area contributed by atoms with Crippen LogP contribution in [0.5, 0.6) is 0 Å². The molecule has 8 rings (SSSR count). The van der Waals surface area contributed by atoms with Crippen LogP contribution in [0.4, 0.5) is 0 Å². The van der Waals surface area contributed by atoms with Crippen LogP contribution in [0.15, 0.2) is 115 Å². The summed E-state index contributed by atoms with van der Waals surface area (Å²) in [6.07, 6.45) is 0. The minimum Gasteiger partial charge on any atom is -0.399 e. The highest BCUT2D eigenvalue weighted by Gasteiger charge is 2.52. The first-order valence-electron chi connectivity index (χ1n) is 15.8. The summed E-state index contributed by atoms with van der Waals surface area (Å²) in [6, 6.07) is 41.2. The molecule has 0 bridgehead atoms. The van der Waals surface area contributed by atoms with Crippen LogP contribution in [0.3, 0.4) is 0 Å². The lowest BCUT2D eigenvalue weighted by atomic mass is 9.74. The van der Waals surface area contributed by atoms with Crippen molar-refractivity contribution in [3.63, 3.8) is 0 Å². The Morgan fingerprint density at radius 2 is 1.16 bits per heavy atom. The maximum atomic E-state index is 6.40. The molecule has 0 amide bonds. The number of rotatable bonds is 4. The Balaban J connectivity index is 1.13. The Kier molecular flexibility index (Phi) is 6.10. The van der Waals surface area contributed by atoms with Crippen LogP contribution < -0.4 is 5.46 Å². The third-order valence-corrected chi connectivity index (χ3v) is 10.3. The molecular formula is C40H37BN2O2. The van der Waals surface area contributed by atoms with Gasteiger partial charge in [-0.15, -0.1) is 0 Å². The van der Waals surface area contributed by atoms with Gasteiger partial charge in [-0.1, -0.05) is 98.8 Å².